The second kappa shape index (κ2) is 5.41. The van der Waals surface area contributed by atoms with E-state index < -0.39 is 5.82 Å². The van der Waals surface area contributed by atoms with Gasteiger partial charge in [-0.3, -0.25) is 0 Å². The van der Waals surface area contributed by atoms with Crippen molar-refractivity contribution in [2.45, 2.75) is 0 Å². The molecular formula is C14H8ClFN2O3. The first-order chi connectivity index (χ1) is 10.1. The zero-order valence-corrected chi connectivity index (χ0v) is 11.2. The van der Waals surface area contributed by atoms with Crippen molar-refractivity contribution in [3.05, 3.63) is 53.6 Å². The van der Waals surface area contributed by atoms with Gasteiger partial charge in [0, 0.05) is 11.1 Å². The number of aromatic nitrogens is 2. The number of ether oxygens (including phenoxy) is 1. The van der Waals surface area contributed by atoms with Gasteiger partial charge in [0.1, 0.15) is 11.6 Å². The number of phenolic OH excluding ortho intramolecular Hbond substituents is 1. The Morgan fingerprint density at radius 3 is 2.67 bits per heavy atom. The zero-order chi connectivity index (χ0) is 14.8. The maximum atomic E-state index is 13.0. The largest absolute Gasteiger partial charge is 0.504 e. The molecule has 3 aromatic rings. The van der Waals surface area contributed by atoms with Crippen molar-refractivity contribution in [2.75, 3.05) is 0 Å². The van der Waals surface area contributed by atoms with Crippen LogP contribution in [0, 0.1) is 5.82 Å². The number of benzene rings is 2. The van der Waals surface area contributed by atoms with Crippen LogP contribution in [0.4, 0.5) is 4.39 Å². The highest BCUT2D eigenvalue weighted by Crippen LogP contribution is 2.37. The van der Waals surface area contributed by atoms with Gasteiger partial charge in [0.2, 0.25) is 12.2 Å². The Labute approximate surface area is 123 Å². The number of nitrogens with zero attached hydrogens (tertiary/aromatic N) is 2. The average molecular weight is 307 g/mol. The summed E-state index contributed by atoms with van der Waals surface area (Å²) in [5.41, 5.74) is 0.486. The summed E-state index contributed by atoms with van der Waals surface area (Å²) in [6.07, 6.45) is 1.18. The molecule has 0 spiro atoms. The summed E-state index contributed by atoms with van der Waals surface area (Å²) in [6, 6.07) is 8.26. The van der Waals surface area contributed by atoms with E-state index in [4.69, 9.17) is 20.9 Å². The van der Waals surface area contributed by atoms with E-state index >= 15 is 0 Å². The molecule has 2 aromatic carbocycles. The van der Waals surface area contributed by atoms with Gasteiger partial charge < -0.3 is 14.4 Å². The summed E-state index contributed by atoms with van der Waals surface area (Å²) in [5, 5.41) is 13.9. The predicted octanol–water partition coefficient (Wildman–Crippen LogP) is 4.03. The SMILES string of the molecule is Oc1cc(F)ccc1Oc1ccc(Cl)cc1-c1ncon1. The number of hydrogen-bond acceptors (Lipinski definition) is 5. The lowest BCUT2D eigenvalue weighted by molar-refractivity contribution is 0.406. The van der Waals surface area contributed by atoms with Gasteiger partial charge in [-0.25, -0.2) is 4.39 Å². The molecule has 1 heterocycles. The highest BCUT2D eigenvalue weighted by Gasteiger charge is 2.14. The van der Waals surface area contributed by atoms with Gasteiger partial charge in [-0.15, -0.1) is 0 Å². The van der Waals surface area contributed by atoms with Crippen LogP contribution in [0.15, 0.2) is 47.3 Å². The van der Waals surface area contributed by atoms with Crippen LogP contribution in [-0.4, -0.2) is 15.2 Å². The number of rotatable bonds is 3. The lowest BCUT2D eigenvalue weighted by Gasteiger charge is -2.10. The van der Waals surface area contributed by atoms with E-state index in [1.165, 1.54) is 18.5 Å². The smallest absolute Gasteiger partial charge is 0.214 e. The minimum Gasteiger partial charge on any atom is -0.504 e. The Hall–Kier alpha value is -2.60. The van der Waals surface area contributed by atoms with Gasteiger partial charge in [0.15, 0.2) is 11.5 Å². The Kier molecular flexibility index (Phi) is 3.45. The summed E-state index contributed by atoms with van der Waals surface area (Å²) in [4.78, 5) is 3.93. The molecule has 3 rings (SSSR count). The number of aromatic hydroxyl groups is 1. The molecule has 0 radical (unpaired) electrons. The maximum Gasteiger partial charge on any atom is 0.214 e. The minimum atomic E-state index is -0.561. The van der Waals surface area contributed by atoms with Crippen LogP contribution >= 0.6 is 11.6 Å². The van der Waals surface area contributed by atoms with Crippen LogP contribution in [0.2, 0.25) is 5.02 Å². The zero-order valence-electron chi connectivity index (χ0n) is 10.5. The predicted molar refractivity (Wildman–Crippen MR) is 72.9 cm³/mol. The van der Waals surface area contributed by atoms with Crippen LogP contribution in [0.5, 0.6) is 17.2 Å². The van der Waals surface area contributed by atoms with Crippen molar-refractivity contribution in [3.63, 3.8) is 0 Å². The van der Waals surface area contributed by atoms with Gasteiger partial charge in [0.25, 0.3) is 0 Å². The summed E-state index contributed by atoms with van der Waals surface area (Å²) in [7, 11) is 0. The number of halogens is 2. The first-order valence-electron chi connectivity index (χ1n) is 5.86. The number of hydrogen-bond donors (Lipinski definition) is 1. The van der Waals surface area contributed by atoms with E-state index in [0.29, 0.717) is 16.3 Å². The third-order valence-electron chi connectivity index (χ3n) is 2.68. The molecule has 5 nitrogen and oxygen atoms in total. The fourth-order valence-electron chi connectivity index (χ4n) is 1.75. The summed E-state index contributed by atoms with van der Waals surface area (Å²) in [5.74, 6) is -0.140. The lowest BCUT2D eigenvalue weighted by Crippen LogP contribution is -1.91. The third kappa shape index (κ3) is 2.80. The topological polar surface area (TPSA) is 68.4 Å². The molecule has 0 bridgehead atoms. The lowest BCUT2D eigenvalue weighted by atomic mass is 10.2. The van der Waals surface area contributed by atoms with E-state index in [-0.39, 0.29) is 17.3 Å². The summed E-state index contributed by atoms with van der Waals surface area (Å²) in [6.45, 7) is 0. The molecule has 106 valence electrons. The van der Waals surface area contributed by atoms with Crippen molar-refractivity contribution < 1.29 is 18.8 Å². The van der Waals surface area contributed by atoms with Crippen molar-refractivity contribution >= 4 is 11.6 Å². The Morgan fingerprint density at radius 2 is 1.95 bits per heavy atom. The van der Waals surface area contributed by atoms with E-state index in [1.807, 2.05) is 0 Å². The average Bonchev–Trinajstić information content (AvgIpc) is 2.97. The molecule has 0 fully saturated rings. The van der Waals surface area contributed by atoms with E-state index in [1.54, 1.807) is 18.2 Å². The molecule has 21 heavy (non-hydrogen) atoms. The normalized spacial score (nSPS) is 10.6. The first-order valence-corrected chi connectivity index (χ1v) is 6.24. The molecule has 0 aliphatic carbocycles. The molecule has 1 aromatic heterocycles. The fourth-order valence-corrected chi connectivity index (χ4v) is 1.92. The fraction of sp³-hybridized carbons (Fsp3) is 0. The third-order valence-corrected chi connectivity index (χ3v) is 2.92. The molecule has 0 unspecified atom stereocenters. The highest BCUT2D eigenvalue weighted by atomic mass is 35.5. The Balaban J connectivity index is 2.03. The maximum absolute atomic E-state index is 13.0. The Bertz CT molecular complexity index is 778. The van der Waals surface area contributed by atoms with Gasteiger partial charge in [-0.05, 0) is 30.3 Å². The second-order valence-corrected chi connectivity index (χ2v) is 4.55. The van der Waals surface area contributed by atoms with Crippen LogP contribution in [0.1, 0.15) is 0 Å². The molecular weight excluding hydrogens is 299 g/mol. The summed E-state index contributed by atoms with van der Waals surface area (Å²) >= 11 is 5.95. The summed E-state index contributed by atoms with van der Waals surface area (Å²) < 4.78 is 23.2. The monoisotopic (exact) mass is 306 g/mol. The molecule has 0 aliphatic rings. The van der Waals surface area contributed by atoms with Crippen molar-refractivity contribution in [2.24, 2.45) is 0 Å². The van der Waals surface area contributed by atoms with Gasteiger partial charge in [-0.1, -0.05) is 16.8 Å². The molecule has 1 N–H and O–H groups in total. The highest BCUT2D eigenvalue weighted by molar-refractivity contribution is 6.30. The molecule has 0 saturated carbocycles. The number of phenols is 1. The van der Waals surface area contributed by atoms with Crippen LogP contribution < -0.4 is 4.74 Å². The van der Waals surface area contributed by atoms with Crippen LogP contribution in [-0.2, 0) is 0 Å². The quantitative estimate of drug-likeness (QED) is 0.791. The minimum absolute atomic E-state index is 0.100. The van der Waals surface area contributed by atoms with Gasteiger partial charge in [-0.2, -0.15) is 4.98 Å². The van der Waals surface area contributed by atoms with Gasteiger partial charge in [0.05, 0.1) is 5.56 Å². The molecule has 0 aliphatic heterocycles. The molecule has 0 saturated heterocycles. The van der Waals surface area contributed by atoms with Crippen molar-refractivity contribution in [1.29, 1.82) is 0 Å². The standard InChI is InChI=1S/C14H8ClFN2O3/c15-8-1-3-12(10(5-8)14-17-7-20-18-14)21-13-4-2-9(16)6-11(13)19/h1-7,19H. The van der Waals surface area contributed by atoms with Gasteiger partial charge >= 0.3 is 0 Å². The van der Waals surface area contributed by atoms with Crippen LogP contribution in [0.3, 0.4) is 0 Å². The van der Waals surface area contributed by atoms with E-state index in [9.17, 15) is 9.50 Å². The van der Waals surface area contributed by atoms with Crippen LogP contribution in [0.25, 0.3) is 11.4 Å². The van der Waals surface area contributed by atoms with Crippen molar-refractivity contribution in [1.82, 2.24) is 10.1 Å². The molecule has 0 atom stereocenters. The Morgan fingerprint density at radius 1 is 1.14 bits per heavy atom. The first kappa shape index (κ1) is 13.4. The molecule has 0 amide bonds. The van der Waals surface area contributed by atoms with Crippen molar-refractivity contribution in [3.8, 4) is 28.6 Å². The second-order valence-electron chi connectivity index (χ2n) is 4.11. The van der Waals surface area contributed by atoms with E-state index in [0.717, 1.165) is 6.07 Å². The molecule has 7 heteroatoms. The van der Waals surface area contributed by atoms with E-state index in [2.05, 4.69) is 10.1 Å².